The number of allylic oxidation sites excluding steroid dienone is 1. The second-order valence-corrected chi connectivity index (χ2v) is 1.89. The first-order valence-corrected chi connectivity index (χ1v) is 2.96. The molecule has 1 aromatic rings. The van der Waals surface area contributed by atoms with Crippen molar-refractivity contribution in [2.75, 3.05) is 0 Å². The minimum atomic E-state index is -0.0619. The Kier molecular flexibility index (Phi) is 1.71. The first-order valence-electron chi connectivity index (χ1n) is 2.96. The van der Waals surface area contributed by atoms with Gasteiger partial charge in [-0.1, -0.05) is 6.08 Å². The summed E-state index contributed by atoms with van der Waals surface area (Å²) in [6, 6.07) is -0.0619. The fourth-order valence-corrected chi connectivity index (χ4v) is 0.615. The highest BCUT2D eigenvalue weighted by atomic mass is 16.3. The van der Waals surface area contributed by atoms with Crippen LogP contribution < -0.4 is 0 Å². The topological polar surface area (TPSA) is 50.9 Å². The molecule has 0 unspecified atom stereocenters. The van der Waals surface area contributed by atoms with Crippen molar-refractivity contribution in [3.05, 3.63) is 11.9 Å². The molecular formula is C6H9N3O. The predicted octanol–water partition coefficient (Wildman–Crippen LogP) is 0.554. The lowest BCUT2D eigenvalue weighted by atomic mass is 10.5. The smallest absolute Gasteiger partial charge is 0.312 e. The first kappa shape index (κ1) is 6.80. The lowest BCUT2D eigenvalue weighted by Crippen LogP contribution is -1.88. The Bertz CT molecular complexity index is 232. The van der Waals surface area contributed by atoms with E-state index in [-0.39, 0.29) is 6.01 Å². The summed E-state index contributed by atoms with van der Waals surface area (Å²) in [7, 11) is 1.63. The number of hydrogen-bond donors (Lipinski definition) is 1. The fraction of sp³-hybridized carbons (Fsp3) is 0.333. The van der Waals surface area contributed by atoms with Crippen LogP contribution in [0.25, 0.3) is 6.08 Å². The number of nitrogens with zero attached hydrogens (tertiary/aromatic N) is 3. The molecule has 0 saturated heterocycles. The zero-order valence-corrected chi connectivity index (χ0v) is 5.94. The molecule has 0 saturated carbocycles. The summed E-state index contributed by atoms with van der Waals surface area (Å²) < 4.78 is 1.31. The van der Waals surface area contributed by atoms with Crippen molar-refractivity contribution in [1.82, 2.24) is 14.8 Å². The molecule has 0 aliphatic rings. The molecule has 0 aromatic carbocycles. The molecule has 0 amide bonds. The van der Waals surface area contributed by atoms with Gasteiger partial charge in [-0.15, -0.1) is 5.10 Å². The third-order valence-electron chi connectivity index (χ3n) is 1.07. The standard InChI is InChI=1S/C6H9N3O/c1-3-4-5-7-6(10)9(2)8-5/h3-4H,1-2H3,(H,7,8,10)/b4-3+. The van der Waals surface area contributed by atoms with Crippen molar-refractivity contribution in [1.29, 1.82) is 0 Å². The third kappa shape index (κ3) is 1.15. The van der Waals surface area contributed by atoms with E-state index >= 15 is 0 Å². The van der Waals surface area contributed by atoms with Crippen LogP contribution in [-0.4, -0.2) is 19.9 Å². The van der Waals surface area contributed by atoms with E-state index in [1.807, 2.05) is 13.0 Å². The molecule has 4 heteroatoms. The molecule has 1 rings (SSSR count). The molecule has 0 atom stereocenters. The molecule has 0 spiro atoms. The van der Waals surface area contributed by atoms with Gasteiger partial charge in [-0.2, -0.15) is 4.98 Å². The minimum absolute atomic E-state index is 0.0619. The Morgan fingerprint density at radius 1 is 1.60 bits per heavy atom. The van der Waals surface area contributed by atoms with E-state index in [1.54, 1.807) is 13.1 Å². The van der Waals surface area contributed by atoms with Crippen molar-refractivity contribution in [3.8, 4) is 6.01 Å². The summed E-state index contributed by atoms with van der Waals surface area (Å²) in [5.41, 5.74) is 0. The molecule has 1 N–H and O–H groups in total. The second kappa shape index (κ2) is 2.51. The number of aromatic nitrogens is 3. The molecule has 0 fully saturated rings. The van der Waals surface area contributed by atoms with Crippen molar-refractivity contribution in [2.45, 2.75) is 6.92 Å². The Morgan fingerprint density at radius 3 is 2.70 bits per heavy atom. The van der Waals surface area contributed by atoms with Gasteiger partial charge in [-0.25, -0.2) is 4.68 Å². The average molecular weight is 139 g/mol. The number of rotatable bonds is 1. The largest absolute Gasteiger partial charge is 0.479 e. The zero-order chi connectivity index (χ0) is 7.56. The Labute approximate surface area is 58.8 Å². The number of hydrogen-bond acceptors (Lipinski definition) is 3. The van der Waals surface area contributed by atoms with Crippen LogP contribution in [0.1, 0.15) is 12.7 Å². The predicted molar refractivity (Wildman–Crippen MR) is 37.4 cm³/mol. The molecule has 0 aliphatic heterocycles. The van der Waals surface area contributed by atoms with E-state index in [0.717, 1.165) is 0 Å². The quantitative estimate of drug-likeness (QED) is 0.618. The second-order valence-electron chi connectivity index (χ2n) is 1.89. The van der Waals surface area contributed by atoms with Crippen LogP contribution in [0, 0.1) is 0 Å². The monoisotopic (exact) mass is 139 g/mol. The molecule has 0 bridgehead atoms. The molecular weight excluding hydrogens is 130 g/mol. The maximum absolute atomic E-state index is 8.92. The van der Waals surface area contributed by atoms with Gasteiger partial charge in [0.2, 0.25) is 0 Å². The minimum Gasteiger partial charge on any atom is -0.479 e. The molecule has 4 nitrogen and oxygen atoms in total. The summed E-state index contributed by atoms with van der Waals surface area (Å²) in [5, 5.41) is 12.8. The molecule has 10 heavy (non-hydrogen) atoms. The first-order chi connectivity index (χ1) is 4.74. The van der Waals surface area contributed by atoms with Gasteiger partial charge in [0.1, 0.15) is 0 Å². The Balaban J connectivity index is 2.98. The lowest BCUT2D eigenvalue weighted by Gasteiger charge is -1.83. The van der Waals surface area contributed by atoms with Gasteiger partial charge in [0.05, 0.1) is 0 Å². The van der Waals surface area contributed by atoms with Gasteiger partial charge in [0, 0.05) is 7.05 Å². The summed E-state index contributed by atoms with van der Waals surface area (Å²) in [6.45, 7) is 1.87. The highest BCUT2D eigenvalue weighted by Crippen LogP contribution is 2.03. The number of aryl methyl sites for hydroxylation is 1. The van der Waals surface area contributed by atoms with Crippen LogP contribution >= 0.6 is 0 Å². The van der Waals surface area contributed by atoms with E-state index in [1.165, 1.54) is 4.68 Å². The van der Waals surface area contributed by atoms with Crippen LogP contribution in [0.3, 0.4) is 0 Å². The van der Waals surface area contributed by atoms with Gasteiger partial charge in [-0.3, -0.25) is 0 Å². The van der Waals surface area contributed by atoms with Crippen molar-refractivity contribution in [3.63, 3.8) is 0 Å². The van der Waals surface area contributed by atoms with E-state index in [9.17, 15) is 0 Å². The van der Waals surface area contributed by atoms with Crippen LogP contribution in [-0.2, 0) is 7.05 Å². The molecule has 0 aliphatic carbocycles. The lowest BCUT2D eigenvalue weighted by molar-refractivity contribution is 0.402. The van der Waals surface area contributed by atoms with Gasteiger partial charge in [-0.05, 0) is 13.0 Å². The van der Waals surface area contributed by atoms with Crippen LogP contribution in [0.15, 0.2) is 6.08 Å². The average Bonchev–Trinajstić information content (AvgIpc) is 2.14. The highest BCUT2D eigenvalue weighted by Gasteiger charge is 1.99. The fourth-order valence-electron chi connectivity index (χ4n) is 0.615. The van der Waals surface area contributed by atoms with E-state index in [0.29, 0.717) is 5.82 Å². The van der Waals surface area contributed by atoms with Crippen molar-refractivity contribution >= 4 is 6.08 Å². The summed E-state index contributed by atoms with van der Waals surface area (Å²) in [4.78, 5) is 3.72. The van der Waals surface area contributed by atoms with Gasteiger partial charge in [0.25, 0.3) is 0 Å². The van der Waals surface area contributed by atoms with Gasteiger partial charge < -0.3 is 5.11 Å². The maximum Gasteiger partial charge on any atom is 0.312 e. The summed E-state index contributed by atoms with van der Waals surface area (Å²) in [6.07, 6.45) is 3.54. The SMILES string of the molecule is C/C=C/c1nc(O)n(C)n1. The van der Waals surface area contributed by atoms with Crippen molar-refractivity contribution < 1.29 is 5.11 Å². The number of aromatic hydroxyl groups is 1. The molecule has 54 valence electrons. The maximum atomic E-state index is 8.92. The molecule has 0 radical (unpaired) electrons. The Hall–Kier alpha value is -1.32. The summed E-state index contributed by atoms with van der Waals surface area (Å²) in [5.74, 6) is 0.530. The van der Waals surface area contributed by atoms with E-state index in [4.69, 9.17) is 5.11 Å². The normalized spacial score (nSPS) is 11.0. The van der Waals surface area contributed by atoms with Gasteiger partial charge >= 0.3 is 6.01 Å². The Morgan fingerprint density at radius 2 is 2.30 bits per heavy atom. The summed E-state index contributed by atoms with van der Waals surface area (Å²) >= 11 is 0. The van der Waals surface area contributed by atoms with Crippen LogP contribution in [0.5, 0.6) is 6.01 Å². The van der Waals surface area contributed by atoms with E-state index in [2.05, 4.69) is 10.1 Å². The van der Waals surface area contributed by atoms with Gasteiger partial charge in [0.15, 0.2) is 5.82 Å². The zero-order valence-electron chi connectivity index (χ0n) is 5.94. The van der Waals surface area contributed by atoms with Crippen molar-refractivity contribution in [2.24, 2.45) is 7.05 Å². The van der Waals surface area contributed by atoms with E-state index < -0.39 is 0 Å². The van der Waals surface area contributed by atoms with Crippen LogP contribution in [0.2, 0.25) is 0 Å². The van der Waals surface area contributed by atoms with Crippen LogP contribution in [0.4, 0.5) is 0 Å². The third-order valence-corrected chi connectivity index (χ3v) is 1.07. The highest BCUT2D eigenvalue weighted by molar-refractivity contribution is 5.38. The molecule has 1 heterocycles. The molecule has 1 aromatic heterocycles.